The van der Waals surface area contributed by atoms with E-state index >= 15 is 0 Å². The maximum absolute atomic E-state index is 9.84. The Labute approximate surface area is 203 Å². The number of halogens is 1. The minimum atomic E-state index is 0.180. The molecular weight excluding hydrogens is 444 g/mol. The predicted molar refractivity (Wildman–Crippen MR) is 136 cm³/mol. The first-order chi connectivity index (χ1) is 16.6. The highest BCUT2D eigenvalue weighted by Gasteiger charge is 2.14. The van der Waals surface area contributed by atoms with Gasteiger partial charge in [-0.1, -0.05) is 66.2 Å². The molecule has 166 valence electrons. The molecule has 0 atom stereocenters. The third-order valence-electron chi connectivity index (χ3n) is 5.33. The smallest absolute Gasteiger partial charge is 0.180 e. The first kappa shape index (κ1) is 22.9. The van der Waals surface area contributed by atoms with Crippen molar-refractivity contribution in [1.82, 2.24) is 0 Å². The van der Waals surface area contributed by atoms with Crippen molar-refractivity contribution in [3.8, 4) is 23.6 Å². The van der Waals surface area contributed by atoms with Crippen molar-refractivity contribution in [2.45, 2.75) is 13.5 Å². The van der Waals surface area contributed by atoms with E-state index in [9.17, 15) is 10.5 Å². The minimum absolute atomic E-state index is 0.180. The number of hydrogen-bond acceptors (Lipinski definition) is 4. The molecule has 0 aliphatic heterocycles. The van der Waals surface area contributed by atoms with Crippen molar-refractivity contribution >= 4 is 34.0 Å². The lowest BCUT2D eigenvalue weighted by Crippen LogP contribution is -2.02. The molecule has 4 rings (SSSR count). The monoisotopic (exact) mass is 464 g/mol. The second kappa shape index (κ2) is 10.6. The van der Waals surface area contributed by atoms with E-state index in [0.717, 1.165) is 27.5 Å². The van der Waals surface area contributed by atoms with Gasteiger partial charge in [0.05, 0.1) is 34.9 Å². The number of ether oxygens (including phenoxy) is 2. The van der Waals surface area contributed by atoms with Gasteiger partial charge in [-0.2, -0.15) is 10.5 Å². The minimum Gasteiger partial charge on any atom is -0.490 e. The molecule has 0 fully saturated rings. The van der Waals surface area contributed by atoms with Crippen LogP contribution in [0.5, 0.6) is 11.5 Å². The summed E-state index contributed by atoms with van der Waals surface area (Å²) in [6, 6.07) is 29.2. The second-order valence-electron chi connectivity index (χ2n) is 7.55. The lowest BCUT2D eigenvalue weighted by molar-refractivity contribution is 0.269. The van der Waals surface area contributed by atoms with E-state index in [1.54, 1.807) is 24.3 Å². The van der Waals surface area contributed by atoms with Gasteiger partial charge in [0.1, 0.15) is 6.61 Å². The summed E-state index contributed by atoms with van der Waals surface area (Å²) in [5.41, 5.74) is 3.37. The maximum atomic E-state index is 9.84. The number of allylic oxidation sites excluding steroid dienone is 1. The largest absolute Gasteiger partial charge is 0.490 e. The Morgan fingerprint density at radius 2 is 1.68 bits per heavy atom. The highest BCUT2D eigenvalue weighted by Crippen LogP contribution is 2.38. The summed E-state index contributed by atoms with van der Waals surface area (Å²) < 4.78 is 11.8. The number of benzene rings is 4. The van der Waals surface area contributed by atoms with Crippen LogP contribution >= 0.6 is 11.6 Å². The number of nitrogens with zero attached hydrogens (tertiary/aromatic N) is 2. The summed E-state index contributed by atoms with van der Waals surface area (Å²) >= 11 is 6.58. The van der Waals surface area contributed by atoms with E-state index in [-0.39, 0.29) is 6.61 Å². The van der Waals surface area contributed by atoms with Gasteiger partial charge in [-0.3, -0.25) is 0 Å². The third kappa shape index (κ3) is 5.04. The Balaban J connectivity index is 1.67. The van der Waals surface area contributed by atoms with Gasteiger partial charge in [-0.15, -0.1) is 0 Å². The van der Waals surface area contributed by atoms with Crippen molar-refractivity contribution in [3.05, 3.63) is 106 Å². The van der Waals surface area contributed by atoms with E-state index in [1.165, 1.54) is 0 Å². The Kier molecular flexibility index (Phi) is 7.13. The average Bonchev–Trinajstić information content (AvgIpc) is 2.87. The van der Waals surface area contributed by atoms with E-state index in [1.807, 2.05) is 67.6 Å². The summed E-state index contributed by atoms with van der Waals surface area (Å²) in [6.07, 6.45) is 1.78. The third-order valence-corrected chi connectivity index (χ3v) is 5.61. The zero-order valence-electron chi connectivity index (χ0n) is 18.6. The molecule has 0 radical (unpaired) electrons. The van der Waals surface area contributed by atoms with Crippen molar-refractivity contribution < 1.29 is 9.47 Å². The Bertz CT molecular complexity index is 1460. The molecule has 4 nitrogen and oxygen atoms in total. The van der Waals surface area contributed by atoms with Crippen LogP contribution in [0.25, 0.3) is 22.4 Å². The summed E-state index contributed by atoms with van der Waals surface area (Å²) in [5.74, 6) is 0.879. The van der Waals surface area contributed by atoms with Crippen LogP contribution in [0.4, 0.5) is 0 Å². The summed E-state index contributed by atoms with van der Waals surface area (Å²) in [6.45, 7) is 2.48. The van der Waals surface area contributed by atoms with Crippen molar-refractivity contribution in [1.29, 1.82) is 10.5 Å². The fourth-order valence-electron chi connectivity index (χ4n) is 3.68. The molecule has 0 bridgehead atoms. The van der Waals surface area contributed by atoms with Gasteiger partial charge in [-0.25, -0.2) is 0 Å². The average molecular weight is 465 g/mol. The van der Waals surface area contributed by atoms with Gasteiger partial charge in [-0.05, 0) is 59.2 Å². The van der Waals surface area contributed by atoms with Crippen LogP contribution in [-0.4, -0.2) is 6.61 Å². The number of fused-ring (bicyclic) bond motifs is 1. The summed E-state index contributed by atoms with van der Waals surface area (Å²) in [5, 5.41) is 21.7. The quantitative estimate of drug-likeness (QED) is 0.211. The van der Waals surface area contributed by atoms with Crippen molar-refractivity contribution in [2.24, 2.45) is 0 Å². The topological polar surface area (TPSA) is 66.0 Å². The SMILES string of the molecule is CCOc1cc(C=C(C#N)c2ccc3ccccc3c2)cc(Cl)c1OCc1ccccc1C#N. The van der Waals surface area contributed by atoms with Crippen LogP contribution in [-0.2, 0) is 6.61 Å². The molecule has 0 aromatic heterocycles. The fourth-order valence-corrected chi connectivity index (χ4v) is 3.96. The molecule has 0 N–H and O–H groups in total. The van der Waals surface area contributed by atoms with Gasteiger partial charge >= 0.3 is 0 Å². The lowest BCUT2D eigenvalue weighted by atomic mass is 10.00. The van der Waals surface area contributed by atoms with E-state index in [4.69, 9.17) is 21.1 Å². The van der Waals surface area contributed by atoms with Gasteiger partial charge in [0, 0.05) is 5.56 Å². The first-order valence-corrected chi connectivity index (χ1v) is 11.2. The van der Waals surface area contributed by atoms with E-state index in [2.05, 4.69) is 12.1 Å². The number of hydrogen-bond donors (Lipinski definition) is 0. The molecular formula is C29H21ClN2O2. The molecule has 5 heteroatoms. The van der Waals surface area contributed by atoms with Crippen molar-refractivity contribution in [3.63, 3.8) is 0 Å². The molecule has 0 aliphatic rings. The van der Waals surface area contributed by atoms with E-state index < -0.39 is 0 Å². The van der Waals surface area contributed by atoms with Gasteiger partial charge in [0.25, 0.3) is 0 Å². The van der Waals surface area contributed by atoms with Crippen LogP contribution in [0.15, 0.2) is 78.9 Å². The Hall–Kier alpha value is -4.25. The number of rotatable bonds is 7. The normalized spacial score (nSPS) is 11.0. The van der Waals surface area contributed by atoms with Gasteiger partial charge in [0.2, 0.25) is 0 Å². The second-order valence-corrected chi connectivity index (χ2v) is 7.96. The first-order valence-electron chi connectivity index (χ1n) is 10.8. The molecule has 4 aromatic rings. The van der Waals surface area contributed by atoms with Crippen LogP contribution in [0.3, 0.4) is 0 Å². The maximum Gasteiger partial charge on any atom is 0.180 e. The molecule has 0 amide bonds. The molecule has 4 aromatic carbocycles. The van der Waals surface area contributed by atoms with Crippen LogP contribution in [0.2, 0.25) is 5.02 Å². The molecule has 0 spiro atoms. The molecule has 0 saturated carbocycles. The molecule has 0 heterocycles. The van der Waals surface area contributed by atoms with Crippen molar-refractivity contribution in [2.75, 3.05) is 6.61 Å². The van der Waals surface area contributed by atoms with E-state index in [0.29, 0.717) is 34.3 Å². The highest BCUT2D eigenvalue weighted by molar-refractivity contribution is 6.32. The van der Waals surface area contributed by atoms with Crippen LogP contribution in [0.1, 0.15) is 29.2 Å². The van der Waals surface area contributed by atoms with Gasteiger partial charge < -0.3 is 9.47 Å². The lowest BCUT2D eigenvalue weighted by Gasteiger charge is -2.15. The van der Waals surface area contributed by atoms with Crippen LogP contribution in [0, 0.1) is 22.7 Å². The zero-order valence-corrected chi connectivity index (χ0v) is 19.3. The summed E-state index contributed by atoms with van der Waals surface area (Å²) in [4.78, 5) is 0. The predicted octanol–water partition coefficient (Wildman–Crippen LogP) is 7.41. The molecule has 0 saturated heterocycles. The fraction of sp³-hybridized carbons (Fsp3) is 0.103. The standard InChI is InChI=1S/C29H21ClN2O2/c1-2-33-28-15-20(13-26(18-32)23-12-11-21-7-3-4-8-22(21)16-23)14-27(30)29(28)34-19-25-10-6-5-9-24(25)17-31/h3-16H,2,19H2,1H3. The Morgan fingerprint density at radius 1 is 0.912 bits per heavy atom. The Morgan fingerprint density at radius 3 is 2.44 bits per heavy atom. The number of nitriles is 2. The highest BCUT2D eigenvalue weighted by atomic mass is 35.5. The van der Waals surface area contributed by atoms with Crippen LogP contribution < -0.4 is 9.47 Å². The molecule has 0 unspecified atom stereocenters. The molecule has 0 aliphatic carbocycles. The van der Waals surface area contributed by atoms with Gasteiger partial charge in [0.15, 0.2) is 11.5 Å². The summed E-state index contributed by atoms with van der Waals surface area (Å²) in [7, 11) is 0. The molecule has 34 heavy (non-hydrogen) atoms. The zero-order chi connectivity index (χ0) is 23.9.